The van der Waals surface area contributed by atoms with Crippen molar-refractivity contribution in [3.05, 3.63) is 59.9 Å². The van der Waals surface area contributed by atoms with E-state index in [4.69, 9.17) is 4.74 Å². The molecule has 1 aromatic heterocycles. The number of methoxy groups -OCH3 is 1. The van der Waals surface area contributed by atoms with Crippen molar-refractivity contribution in [2.24, 2.45) is 5.10 Å². The lowest BCUT2D eigenvalue weighted by Gasteiger charge is -2.31. The second-order valence-electron chi connectivity index (χ2n) is 5.60. The fraction of sp³-hybridized carbons (Fsp3) is 0.278. The standard InChI is InChI=1S/C18H19N3O3/c1-3-15-12-18(23,14-7-9-19-10-8-14)21(20-15)17(22)13-5-4-6-16(11-13)24-2/h4-11,23H,3,12H2,1-2H3/t18-/m1/s1. The summed E-state index contributed by atoms with van der Waals surface area (Å²) in [5.41, 5.74) is 0.253. The maximum absolute atomic E-state index is 13.0. The zero-order chi connectivity index (χ0) is 17.2. The minimum atomic E-state index is -1.51. The summed E-state index contributed by atoms with van der Waals surface area (Å²) in [6.45, 7) is 1.95. The van der Waals surface area contributed by atoms with E-state index in [0.717, 1.165) is 10.7 Å². The van der Waals surface area contributed by atoms with Gasteiger partial charge in [-0.3, -0.25) is 9.78 Å². The molecule has 1 aliphatic rings. The smallest absolute Gasteiger partial charge is 0.277 e. The van der Waals surface area contributed by atoms with Gasteiger partial charge in [-0.2, -0.15) is 10.1 Å². The summed E-state index contributed by atoms with van der Waals surface area (Å²) in [6, 6.07) is 10.2. The Kier molecular flexibility index (Phi) is 4.31. The van der Waals surface area contributed by atoms with Crippen molar-refractivity contribution >= 4 is 11.6 Å². The zero-order valence-electron chi connectivity index (χ0n) is 13.6. The van der Waals surface area contributed by atoms with Gasteiger partial charge >= 0.3 is 0 Å². The molecule has 2 heterocycles. The summed E-state index contributed by atoms with van der Waals surface area (Å²) in [5.74, 6) is 0.198. The van der Waals surface area contributed by atoms with Crippen LogP contribution in [-0.4, -0.2) is 33.8 Å². The normalized spacial score (nSPS) is 20.0. The van der Waals surface area contributed by atoms with Gasteiger partial charge in [-0.15, -0.1) is 0 Å². The second-order valence-corrected chi connectivity index (χ2v) is 5.60. The molecule has 2 aromatic rings. The van der Waals surface area contributed by atoms with E-state index in [0.29, 0.717) is 23.3 Å². The number of benzene rings is 1. The molecule has 0 saturated heterocycles. The Morgan fingerprint density at radius 1 is 1.33 bits per heavy atom. The number of amides is 1. The summed E-state index contributed by atoms with van der Waals surface area (Å²) >= 11 is 0. The van der Waals surface area contributed by atoms with Crippen LogP contribution in [0.2, 0.25) is 0 Å². The van der Waals surface area contributed by atoms with E-state index in [1.165, 1.54) is 0 Å². The molecule has 124 valence electrons. The van der Waals surface area contributed by atoms with Gasteiger partial charge in [-0.25, -0.2) is 0 Å². The van der Waals surface area contributed by atoms with Crippen molar-refractivity contribution in [2.75, 3.05) is 7.11 Å². The number of aromatic nitrogens is 1. The molecule has 0 unspecified atom stereocenters. The lowest BCUT2D eigenvalue weighted by molar-refractivity contribution is -0.0766. The molecule has 1 amide bonds. The van der Waals surface area contributed by atoms with Crippen LogP contribution in [0.15, 0.2) is 53.9 Å². The van der Waals surface area contributed by atoms with Gasteiger partial charge in [0.1, 0.15) is 5.75 Å². The molecule has 0 bridgehead atoms. The highest BCUT2D eigenvalue weighted by molar-refractivity contribution is 5.98. The Labute approximate surface area is 140 Å². The number of aliphatic hydroxyl groups is 1. The SMILES string of the molecule is CCC1=NN(C(=O)c2cccc(OC)c2)[C@](O)(c2ccncc2)C1. The number of carbonyl (C=O) groups is 1. The molecule has 1 aliphatic heterocycles. The molecule has 0 aliphatic carbocycles. The van der Waals surface area contributed by atoms with Gasteiger partial charge in [-0.1, -0.05) is 13.0 Å². The van der Waals surface area contributed by atoms with Crippen LogP contribution in [0.3, 0.4) is 0 Å². The number of nitrogens with zero attached hydrogens (tertiary/aromatic N) is 3. The summed E-state index contributed by atoms with van der Waals surface area (Å²) in [4.78, 5) is 16.9. The molecule has 6 nitrogen and oxygen atoms in total. The number of rotatable bonds is 4. The Balaban J connectivity index is 2.01. The Bertz CT molecular complexity index is 776. The summed E-state index contributed by atoms with van der Waals surface area (Å²) in [7, 11) is 1.54. The van der Waals surface area contributed by atoms with Crippen molar-refractivity contribution < 1.29 is 14.6 Å². The molecule has 6 heteroatoms. The predicted octanol–water partition coefficient (Wildman–Crippen LogP) is 2.55. The highest BCUT2D eigenvalue weighted by atomic mass is 16.5. The van der Waals surface area contributed by atoms with Crippen LogP contribution >= 0.6 is 0 Å². The minimum Gasteiger partial charge on any atom is -0.497 e. The van der Waals surface area contributed by atoms with E-state index in [2.05, 4.69) is 10.1 Å². The van der Waals surface area contributed by atoms with Crippen LogP contribution in [0.25, 0.3) is 0 Å². The molecule has 3 rings (SSSR count). The fourth-order valence-corrected chi connectivity index (χ4v) is 2.75. The lowest BCUT2D eigenvalue weighted by atomic mass is 9.97. The molecule has 0 spiro atoms. The van der Waals surface area contributed by atoms with Crippen LogP contribution in [-0.2, 0) is 5.72 Å². The van der Waals surface area contributed by atoms with E-state index < -0.39 is 5.72 Å². The van der Waals surface area contributed by atoms with Crippen LogP contribution in [0.4, 0.5) is 0 Å². The van der Waals surface area contributed by atoms with E-state index in [1.54, 1.807) is 55.9 Å². The van der Waals surface area contributed by atoms with Crippen molar-refractivity contribution in [3.8, 4) is 5.75 Å². The third kappa shape index (κ3) is 2.76. The van der Waals surface area contributed by atoms with Crippen LogP contribution in [0, 0.1) is 0 Å². The van der Waals surface area contributed by atoms with Crippen LogP contribution in [0.1, 0.15) is 35.7 Å². The third-order valence-corrected chi connectivity index (χ3v) is 4.10. The highest BCUT2D eigenvalue weighted by Crippen LogP contribution is 2.37. The quantitative estimate of drug-likeness (QED) is 0.937. The Hall–Kier alpha value is -2.73. The van der Waals surface area contributed by atoms with Gasteiger partial charge in [0, 0.05) is 35.7 Å². The number of ether oxygens (including phenoxy) is 1. The number of hydrogen-bond donors (Lipinski definition) is 1. The van der Waals surface area contributed by atoms with Crippen LogP contribution in [0.5, 0.6) is 5.75 Å². The average Bonchev–Trinajstić information content (AvgIpc) is 3.00. The molecule has 0 fully saturated rings. The van der Waals surface area contributed by atoms with Crippen LogP contribution < -0.4 is 4.74 Å². The van der Waals surface area contributed by atoms with Crippen molar-refractivity contribution in [1.82, 2.24) is 9.99 Å². The largest absolute Gasteiger partial charge is 0.497 e. The number of pyridine rings is 1. The number of hydrogen-bond acceptors (Lipinski definition) is 5. The maximum atomic E-state index is 13.0. The molecule has 24 heavy (non-hydrogen) atoms. The van der Waals surface area contributed by atoms with Gasteiger partial charge < -0.3 is 9.84 Å². The zero-order valence-corrected chi connectivity index (χ0v) is 13.6. The van der Waals surface area contributed by atoms with Gasteiger partial charge in [0.05, 0.1) is 7.11 Å². The van der Waals surface area contributed by atoms with Gasteiger partial charge in [0.2, 0.25) is 0 Å². The maximum Gasteiger partial charge on any atom is 0.277 e. The van der Waals surface area contributed by atoms with Gasteiger partial charge in [-0.05, 0) is 36.8 Å². The van der Waals surface area contributed by atoms with Gasteiger partial charge in [0.25, 0.3) is 5.91 Å². The average molecular weight is 325 g/mol. The topological polar surface area (TPSA) is 75.0 Å². The van der Waals surface area contributed by atoms with Crippen molar-refractivity contribution in [2.45, 2.75) is 25.5 Å². The third-order valence-electron chi connectivity index (χ3n) is 4.10. The van der Waals surface area contributed by atoms with E-state index in [9.17, 15) is 9.90 Å². The second kappa shape index (κ2) is 6.41. The van der Waals surface area contributed by atoms with Gasteiger partial charge in [0.15, 0.2) is 5.72 Å². The highest BCUT2D eigenvalue weighted by Gasteiger charge is 2.45. The first kappa shape index (κ1) is 16.1. The van der Waals surface area contributed by atoms with Crippen molar-refractivity contribution in [3.63, 3.8) is 0 Å². The molecule has 1 atom stereocenters. The Morgan fingerprint density at radius 3 is 2.75 bits per heavy atom. The molecule has 1 N–H and O–H groups in total. The first-order valence-electron chi connectivity index (χ1n) is 7.76. The molecular weight excluding hydrogens is 306 g/mol. The molecule has 1 aromatic carbocycles. The summed E-state index contributed by atoms with van der Waals surface area (Å²) in [5, 5.41) is 16.7. The lowest BCUT2D eigenvalue weighted by Crippen LogP contribution is -2.43. The minimum absolute atomic E-state index is 0.281. The van der Waals surface area contributed by atoms with E-state index >= 15 is 0 Å². The van der Waals surface area contributed by atoms with E-state index in [-0.39, 0.29) is 12.3 Å². The molecule has 0 radical (unpaired) electrons. The Morgan fingerprint density at radius 2 is 2.08 bits per heavy atom. The first-order valence-corrected chi connectivity index (χ1v) is 7.76. The molecular formula is C18H19N3O3. The summed E-state index contributed by atoms with van der Waals surface area (Å²) < 4.78 is 5.17. The predicted molar refractivity (Wildman–Crippen MR) is 89.6 cm³/mol. The number of carbonyl (C=O) groups excluding carboxylic acids is 1. The van der Waals surface area contributed by atoms with E-state index in [1.807, 2.05) is 6.92 Å². The summed E-state index contributed by atoms with van der Waals surface area (Å²) in [6.07, 6.45) is 4.12. The monoisotopic (exact) mass is 325 g/mol. The fourth-order valence-electron chi connectivity index (χ4n) is 2.75. The van der Waals surface area contributed by atoms with Crippen molar-refractivity contribution in [1.29, 1.82) is 0 Å². The first-order chi connectivity index (χ1) is 11.6. The number of hydrazone groups is 1. The molecule has 0 saturated carbocycles.